The molecule has 6 nitrogen and oxygen atoms in total. The molecule has 0 aromatic carbocycles. The molecule has 2 aliphatic heterocycles. The van der Waals surface area contributed by atoms with Crippen LogP contribution in [0.1, 0.15) is 6.92 Å². The molecule has 1 aromatic rings. The molecular formula is C19H34N6S. The number of nitrogens with one attached hydrogen (secondary N) is 1. The minimum Gasteiger partial charge on any atom is -0.360 e. The van der Waals surface area contributed by atoms with Crippen molar-refractivity contribution in [2.75, 3.05) is 84.4 Å². The van der Waals surface area contributed by atoms with Gasteiger partial charge >= 0.3 is 0 Å². The van der Waals surface area contributed by atoms with Crippen LogP contribution in [0.3, 0.4) is 0 Å². The first-order valence-corrected chi connectivity index (χ1v) is 10.7. The van der Waals surface area contributed by atoms with E-state index in [2.05, 4.69) is 61.4 Å². The molecule has 0 saturated carbocycles. The molecule has 3 rings (SSSR count). The zero-order chi connectivity index (χ0) is 18.4. The fourth-order valence-corrected chi connectivity index (χ4v) is 4.51. The lowest BCUT2D eigenvalue weighted by atomic mass is 10.1. The van der Waals surface area contributed by atoms with Gasteiger partial charge in [-0.15, -0.1) is 11.3 Å². The van der Waals surface area contributed by atoms with Crippen molar-refractivity contribution in [2.24, 2.45) is 10.9 Å². The molecule has 1 N–H and O–H groups in total. The Bertz CT molecular complexity index is 544. The van der Waals surface area contributed by atoms with Gasteiger partial charge in [0.05, 0.1) is 5.00 Å². The number of rotatable bonds is 5. The second-order valence-electron chi connectivity index (χ2n) is 7.56. The highest BCUT2D eigenvalue weighted by Gasteiger charge is 2.21. The third-order valence-corrected chi connectivity index (χ3v) is 6.31. The molecule has 3 heterocycles. The zero-order valence-corrected chi connectivity index (χ0v) is 17.3. The number of hydrogen-bond donors (Lipinski definition) is 1. The summed E-state index contributed by atoms with van der Waals surface area (Å²) in [6.45, 7) is 13.5. The fraction of sp³-hybridized carbons (Fsp3) is 0.737. The van der Waals surface area contributed by atoms with Gasteiger partial charge in [0.15, 0.2) is 5.96 Å². The van der Waals surface area contributed by atoms with Gasteiger partial charge < -0.3 is 24.9 Å². The maximum Gasteiger partial charge on any atom is 0.193 e. The lowest BCUT2D eigenvalue weighted by Gasteiger charge is -2.37. The Labute approximate surface area is 162 Å². The van der Waals surface area contributed by atoms with E-state index in [1.165, 1.54) is 37.7 Å². The molecule has 2 fully saturated rings. The van der Waals surface area contributed by atoms with Crippen LogP contribution < -0.4 is 10.2 Å². The number of guanidine groups is 1. The van der Waals surface area contributed by atoms with E-state index in [4.69, 9.17) is 0 Å². The van der Waals surface area contributed by atoms with Gasteiger partial charge in [-0.3, -0.25) is 4.99 Å². The maximum atomic E-state index is 4.52. The first-order chi connectivity index (χ1) is 12.7. The smallest absolute Gasteiger partial charge is 0.193 e. The first-order valence-electron chi connectivity index (χ1n) is 9.80. The number of aliphatic imine (C=N–C) groups is 1. The van der Waals surface area contributed by atoms with Crippen molar-refractivity contribution in [1.29, 1.82) is 0 Å². The summed E-state index contributed by atoms with van der Waals surface area (Å²) in [5.74, 6) is 1.68. The van der Waals surface area contributed by atoms with Gasteiger partial charge in [-0.1, -0.05) is 6.92 Å². The molecule has 7 heteroatoms. The number of hydrogen-bond acceptors (Lipinski definition) is 5. The van der Waals surface area contributed by atoms with Crippen LogP contribution in [0.25, 0.3) is 0 Å². The van der Waals surface area contributed by atoms with E-state index in [1.54, 1.807) is 0 Å². The number of likely N-dealkylation sites (N-methyl/N-ethyl adjacent to an activating group) is 1. The molecular weight excluding hydrogens is 344 g/mol. The predicted octanol–water partition coefficient (Wildman–Crippen LogP) is 1.33. The molecule has 0 bridgehead atoms. The van der Waals surface area contributed by atoms with Crippen LogP contribution >= 0.6 is 11.3 Å². The van der Waals surface area contributed by atoms with Crippen LogP contribution in [0.15, 0.2) is 22.5 Å². The molecule has 1 aromatic heterocycles. The summed E-state index contributed by atoms with van der Waals surface area (Å²) in [6, 6.07) is 4.35. The van der Waals surface area contributed by atoms with E-state index in [0.29, 0.717) is 5.92 Å². The molecule has 0 radical (unpaired) electrons. The van der Waals surface area contributed by atoms with Crippen molar-refractivity contribution in [3.8, 4) is 0 Å². The van der Waals surface area contributed by atoms with Crippen molar-refractivity contribution in [3.05, 3.63) is 17.5 Å². The standard InChI is InChI=1S/C19H34N6S/c1-17(16-23-8-6-22(3)7-9-23)15-21-19(20-2)25-12-10-24(11-13-25)18-5-4-14-26-18/h4-5,14,17H,6-13,15-16H2,1-3H3,(H,20,21). The van der Waals surface area contributed by atoms with E-state index >= 15 is 0 Å². The largest absolute Gasteiger partial charge is 0.360 e. The van der Waals surface area contributed by atoms with Crippen LogP contribution in [0.2, 0.25) is 0 Å². The molecule has 146 valence electrons. The third-order valence-electron chi connectivity index (χ3n) is 5.38. The first kappa shape index (κ1) is 19.5. The summed E-state index contributed by atoms with van der Waals surface area (Å²) in [5.41, 5.74) is 0. The summed E-state index contributed by atoms with van der Waals surface area (Å²) in [7, 11) is 4.11. The molecule has 2 aliphatic rings. The van der Waals surface area contributed by atoms with E-state index in [0.717, 1.165) is 38.7 Å². The number of thiophene rings is 1. The average molecular weight is 379 g/mol. The van der Waals surface area contributed by atoms with Crippen LogP contribution in [0.4, 0.5) is 5.00 Å². The topological polar surface area (TPSA) is 37.4 Å². The third kappa shape index (κ3) is 5.34. The summed E-state index contributed by atoms with van der Waals surface area (Å²) < 4.78 is 0. The number of anilines is 1. The van der Waals surface area contributed by atoms with Gasteiger partial charge in [0.2, 0.25) is 0 Å². The SMILES string of the molecule is CN=C(NCC(C)CN1CCN(C)CC1)N1CCN(c2cccs2)CC1. The van der Waals surface area contributed by atoms with Gasteiger partial charge in [0.25, 0.3) is 0 Å². The lowest BCUT2D eigenvalue weighted by molar-refractivity contribution is 0.139. The Morgan fingerprint density at radius 3 is 2.50 bits per heavy atom. The zero-order valence-electron chi connectivity index (χ0n) is 16.5. The van der Waals surface area contributed by atoms with Crippen molar-refractivity contribution in [3.63, 3.8) is 0 Å². The van der Waals surface area contributed by atoms with Crippen LogP contribution in [-0.2, 0) is 0 Å². The Balaban J connectivity index is 1.39. The maximum absolute atomic E-state index is 4.52. The van der Waals surface area contributed by atoms with E-state index in [9.17, 15) is 0 Å². The highest BCUT2D eigenvalue weighted by atomic mass is 32.1. The minimum absolute atomic E-state index is 0.627. The van der Waals surface area contributed by atoms with Crippen LogP contribution in [0.5, 0.6) is 0 Å². The van der Waals surface area contributed by atoms with E-state index in [1.807, 2.05) is 18.4 Å². The fourth-order valence-electron chi connectivity index (χ4n) is 3.72. The molecule has 0 aliphatic carbocycles. The van der Waals surface area contributed by atoms with Gasteiger partial charge in [0, 0.05) is 72.5 Å². The van der Waals surface area contributed by atoms with E-state index in [-0.39, 0.29) is 0 Å². The second-order valence-corrected chi connectivity index (χ2v) is 8.49. The van der Waals surface area contributed by atoms with Gasteiger partial charge in [-0.25, -0.2) is 0 Å². The number of piperazine rings is 2. The predicted molar refractivity (Wildman–Crippen MR) is 113 cm³/mol. The second kappa shape index (κ2) is 9.58. The monoisotopic (exact) mass is 378 g/mol. The molecule has 26 heavy (non-hydrogen) atoms. The van der Waals surface area contributed by atoms with Gasteiger partial charge in [-0.05, 0) is 30.5 Å². The Hall–Kier alpha value is -1.31. The van der Waals surface area contributed by atoms with E-state index < -0.39 is 0 Å². The lowest BCUT2D eigenvalue weighted by Crippen LogP contribution is -2.53. The van der Waals surface area contributed by atoms with Gasteiger partial charge in [0.1, 0.15) is 0 Å². The number of nitrogens with zero attached hydrogens (tertiary/aromatic N) is 5. The highest BCUT2D eigenvalue weighted by Crippen LogP contribution is 2.22. The summed E-state index contributed by atoms with van der Waals surface area (Å²) in [4.78, 5) is 14.4. The average Bonchev–Trinajstić information content (AvgIpc) is 3.19. The van der Waals surface area contributed by atoms with Gasteiger partial charge in [-0.2, -0.15) is 0 Å². The molecule has 1 atom stereocenters. The molecule has 0 amide bonds. The normalized spacial score (nSPS) is 21.9. The summed E-state index contributed by atoms with van der Waals surface area (Å²) in [6.07, 6.45) is 0. The van der Waals surface area contributed by atoms with Crippen molar-refractivity contribution >= 4 is 22.3 Å². The van der Waals surface area contributed by atoms with Crippen LogP contribution in [-0.4, -0.2) is 100 Å². The van der Waals surface area contributed by atoms with Crippen molar-refractivity contribution in [1.82, 2.24) is 20.0 Å². The minimum atomic E-state index is 0.627. The molecule has 0 spiro atoms. The molecule has 1 unspecified atom stereocenters. The van der Waals surface area contributed by atoms with Crippen LogP contribution in [0, 0.1) is 5.92 Å². The Kier molecular flexibility index (Phi) is 7.16. The summed E-state index contributed by atoms with van der Waals surface area (Å²) >= 11 is 1.83. The highest BCUT2D eigenvalue weighted by molar-refractivity contribution is 7.14. The summed E-state index contributed by atoms with van der Waals surface area (Å²) in [5, 5.41) is 7.15. The Morgan fingerprint density at radius 1 is 1.15 bits per heavy atom. The van der Waals surface area contributed by atoms with Crippen molar-refractivity contribution in [2.45, 2.75) is 6.92 Å². The van der Waals surface area contributed by atoms with Crippen molar-refractivity contribution < 1.29 is 0 Å². The Morgan fingerprint density at radius 2 is 1.88 bits per heavy atom. The molecule has 2 saturated heterocycles. The quantitative estimate of drug-likeness (QED) is 0.618.